The molecule has 0 aliphatic carbocycles. The average Bonchev–Trinajstić information content (AvgIpc) is 3.06. The van der Waals surface area contributed by atoms with Crippen molar-refractivity contribution in [2.24, 2.45) is 12.0 Å². The first kappa shape index (κ1) is 20.2. The summed E-state index contributed by atoms with van der Waals surface area (Å²) in [5, 5.41) is 7.48. The van der Waals surface area contributed by atoms with E-state index in [0.29, 0.717) is 19.1 Å². The molecule has 8 nitrogen and oxygen atoms in total. The van der Waals surface area contributed by atoms with Gasteiger partial charge in [-0.25, -0.2) is 0 Å². The number of aryl methyl sites for hydroxylation is 1. The van der Waals surface area contributed by atoms with Gasteiger partial charge in [0.1, 0.15) is 6.54 Å². The maximum Gasteiger partial charge on any atom is 0.246 e. The highest BCUT2D eigenvalue weighted by Crippen LogP contribution is 2.16. The van der Waals surface area contributed by atoms with E-state index in [1.165, 1.54) is 0 Å². The molecule has 8 heteroatoms. The smallest absolute Gasteiger partial charge is 0.246 e. The fraction of sp³-hybridized carbons (Fsp3) is 0.722. The van der Waals surface area contributed by atoms with Crippen LogP contribution in [0.4, 0.5) is 5.69 Å². The molecule has 146 valence electrons. The molecule has 1 aliphatic heterocycles. The Kier molecular flexibility index (Phi) is 7.44. The summed E-state index contributed by atoms with van der Waals surface area (Å²) < 4.78 is 1.72. The van der Waals surface area contributed by atoms with Crippen LogP contribution in [0.3, 0.4) is 0 Å². The number of likely N-dealkylation sites (N-methyl/N-ethyl adjacent to an activating group) is 1. The number of guanidine groups is 1. The second-order valence-electron chi connectivity index (χ2n) is 6.81. The predicted molar refractivity (Wildman–Crippen MR) is 105 cm³/mol. The highest BCUT2D eigenvalue weighted by Gasteiger charge is 2.27. The lowest BCUT2D eigenvalue weighted by Crippen LogP contribution is -2.55. The first-order chi connectivity index (χ1) is 12.5. The van der Waals surface area contributed by atoms with Gasteiger partial charge in [-0.3, -0.25) is 14.5 Å². The lowest BCUT2D eigenvalue weighted by molar-refractivity contribution is -0.120. The van der Waals surface area contributed by atoms with Crippen molar-refractivity contribution in [1.82, 2.24) is 24.9 Å². The average molecular weight is 364 g/mol. The van der Waals surface area contributed by atoms with Gasteiger partial charge in [-0.15, -0.1) is 0 Å². The molecule has 1 aromatic rings. The van der Waals surface area contributed by atoms with Gasteiger partial charge in [-0.05, 0) is 27.3 Å². The van der Waals surface area contributed by atoms with Gasteiger partial charge >= 0.3 is 0 Å². The second-order valence-corrected chi connectivity index (χ2v) is 6.81. The number of carbonyl (C=O) groups excluding carboxylic acids is 1. The summed E-state index contributed by atoms with van der Waals surface area (Å²) in [6.07, 6.45) is 4.74. The summed E-state index contributed by atoms with van der Waals surface area (Å²) in [5.41, 5.74) is 0.856. The summed E-state index contributed by atoms with van der Waals surface area (Å²) >= 11 is 0. The first-order valence-corrected chi connectivity index (χ1v) is 9.48. The molecule has 1 fully saturated rings. The summed E-state index contributed by atoms with van der Waals surface area (Å²) in [6.45, 7) is 10.6. The maximum atomic E-state index is 12.6. The van der Waals surface area contributed by atoms with Crippen LogP contribution in [0.15, 0.2) is 17.4 Å². The summed E-state index contributed by atoms with van der Waals surface area (Å²) in [5.74, 6) is 0.899. The summed E-state index contributed by atoms with van der Waals surface area (Å²) in [4.78, 5) is 23.5. The molecule has 2 heterocycles. The van der Waals surface area contributed by atoms with Crippen molar-refractivity contribution < 1.29 is 4.79 Å². The molecule has 1 aliphatic rings. The highest BCUT2D eigenvalue weighted by molar-refractivity contribution is 5.98. The molecule has 0 spiro atoms. The van der Waals surface area contributed by atoms with Crippen molar-refractivity contribution >= 4 is 17.6 Å². The molecule has 1 aromatic heterocycles. The zero-order valence-corrected chi connectivity index (χ0v) is 16.8. The van der Waals surface area contributed by atoms with Gasteiger partial charge in [-0.2, -0.15) is 5.10 Å². The monoisotopic (exact) mass is 363 g/mol. The number of nitrogens with zero attached hydrogens (tertiary/aromatic N) is 6. The van der Waals surface area contributed by atoms with E-state index in [4.69, 9.17) is 4.99 Å². The number of rotatable bonds is 7. The van der Waals surface area contributed by atoms with Crippen molar-refractivity contribution in [2.75, 3.05) is 51.2 Å². The normalized spacial score (nSPS) is 17.2. The van der Waals surface area contributed by atoms with Gasteiger partial charge in [-0.1, -0.05) is 6.92 Å². The van der Waals surface area contributed by atoms with E-state index >= 15 is 0 Å². The quantitative estimate of drug-likeness (QED) is 0.572. The number of aromatic nitrogens is 2. The Morgan fingerprint density at radius 1 is 1.42 bits per heavy atom. The predicted octanol–water partition coefficient (Wildman–Crippen LogP) is 0.765. The van der Waals surface area contributed by atoms with E-state index in [1.54, 1.807) is 15.8 Å². The number of nitrogens with one attached hydrogen (secondary N) is 1. The number of carbonyl (C=O) groups is 1. The Labute approximate surface area is 156 Å². The lowest BCUT2D eigenvalue weighted by Gasteiger charge is -2.35. The van der Waals surface area contributed by atoms with E-state index in [-0.39, 0.29) is 5.91 Å². The molecule has 1 N–H and O–H groups in total. The van der Waals surface area contributed by atoms with Crippen LogP contribution in [-0.2, 0) is 11.8 Å². The van der Waals surface area contributed by atoms with Gasteiger partial charge in [0.15, 0.2) is 5.96 Å². The van der Waals surface area contributed by atoms with Crippen LogP contribution in [0.25, 0.3) is 0 Å². The molecule has 1 saturated heterocycles. The fourth-order valence-electron chi connectivity index (χ4n) is 2.95. The Morgan fingerprint density at radius 2 is 2.19 bits per heavy atom. The molecule has 0 saturated carbocycles. The number of hydrogen-bond donors (Lipinski definition) is 1. The molecule has 1 unspecified atom stereocenters. The molecular formula is C18H33N7O. The minimum absolute atomic E-state index is 0.0755. The molecule has 0 bridgehead atoms. The van der Waals surface area contributed by atoms with Crippen molar-refractivity contribution in [2.45, 2.75) is 33.2 Å². The second kappa shape index (κ2) is 9.56. The van der Waals surface area contributed by atoms with Crippen LogP contribution in [0, 0.1) is 0 Å². The Hall–Kier alpha value is -2.09. The molecule has 26 heavy (non-hydrogen) atoms. The molecule has 2 rings (SSSR count). The van der Waals surface area contributed by atoms with Crippen molar-refractivity contribution in [3.63, 3.8) is 0 Å². The van der Waals surface area contributed by atoms with E-state index < -0.39 is 0 Å². The standard InChI is InChI=1S/C18H33N7O/c1-6-15(3)22(4)9-8-20-18(19-7-2)24-10-11-25(17(26)14-24)16-12-21-23(5)13-16/h12-13,15H,6-11,14H2,1-5H3,(H,19,20). The third-order valence-corrected chi connectivity index (χ3v) is 4.92. The largest absolute Gasteiger partial charge is 0.357 e. The number of anilines is 1. The SMILES string of the molecule is CCNC(=NCCN(C)C(C)CC)N1CCN(c2cnn(C)c2)C(=O)C1. The van der Waals surface area contributed by atoms with Gasteiger partial charge in [0.05, 0.1) is 18.4 Å². The van der Waals surface area contributed by atoms with E-state index in [0.717, 1.165) is 44.2 Å². The molecule has 0 radical (unpaired) electrons. The third kappa shape index (κ3) is 5.20. The van der Waals surface area contributed by atoms with Gasteiger partial charge in [0, 0.05) is 45.5 Å². The van der Waals surface area contributed by atoms with Crippen molar-refractivity contribution in [3.8, 4) is 0 Å². The Bertz CT molecular complexity index is 612. The Morgan fingerprint density at radius 3 is 2.77 bits per heavy atom. The lowest BCUT2D eigenvalue weighted by atomic mass is 10.2. The minimum Gasteiger partial charge on any atom is -0.357 e. The topological polar surface area (TPSA) is 69.0 Å². The van der Waals surface area contributed by atoms with Crippen LogP contribution >= 0.6 is 0 Å². The molecule has 0 aromatic carbocycles. The number of aliphatic imine (C=N–C) groups is 1. The zero-order chi connectivity index (χ0) is 19.1. The summed E-state index contributed by atoms with van der Waals surface area (Å²) in [6, 6.07) is 0.553. The van der Waals surface area contributed by atoms with Crippen LogP contribution in [-0.4, -0.2) is 83.8 Å². The van der Waals surface area contributed by atoms with E-state index in [2.05, 4.69) is 43.1 Å². The van der Waals surface area contributed by atoms with Crippen LogP contribution in [0.2, 0.25) is 0 Å². The fourth-order valence-corrected chi connectivity index (χ4v) is 2.95. The zero-order valence-electron chi connectivity index (χ0n) is 16.8. The van der Waals surface area contributed by atoms with Gasteiger partial charge in [0.2, 0.25) is 5.91 Å². The van der Waals surface area contributed by atoms with Crippen molar-refractivity contribution in [1.29, 1.82) is 0 Å². The number of piperazine rings is 1. The molecule has 1 amide bonds. The van der Waals surface area contributed by atoms with Gasteiger partial charge < -0.3 is 20.0 Å². The van der Waals surface area contributed by atoms with Crippen LogP contribution in [0.5, 0.6) is 0 Å². The first-order valence-electron chi connectivity index (χ1n) is 9.48. The van der Waals surface area contributed by atoms with E-state index in [9.17, 15) is 4.79 Å². The van der Waals surface area contributed by atoms with Crippen molar-refractivity contribution in [3.05, 3.63) is 12.4 Å². The molecule has 1 atom stereocenters. The third-order valence-electron chi connectivity index (χ3n) is 4.92. The minimum atomic E-state index is 0.0755. The van der Waals surface area contributed by atoms with Gasteiger partial charge in [0.25, 0.3) is 0 Å². The number of amides is 1. The maximum absolute atomic E-state index is 12.6. The number of hydrogen-bond acceptors (Lipinski definition) is 4. The van der Waals surface area contributed by atoms with Crippen LogP contribution < -0.4 is 10.2 Å². The Balaban J connectivity index is 1.95. The van der Waals surface area contributed by atoms with Crippen LogP contribution in [0.1, 0.15) is 27.2 Å². The summed E-state index contributed by atoms with van der Waals surface area (Å²) in [7, 11) is 3.99. The highest BCUT2D eigenvalue weighted by atomic mass is 16.2. The van der Waals surface area contributed by atoms with E-state index in [1.807, 2.05) is 18.1 Å². The molecular weight excluding hydrogens is 330 g/mol.